The van der Waals surface area contributed by atoms with Crippen molar-refractivity contribution in [1.29, 1.82) is 0 Å². The van der Waals surface area contributed by atoms with E-state index in [2.05, 4.69) is 20.3 Å². The van der Waals surface area contributed by atoms with Gasteiger partial charge in [0.25, 0.3) is 0 Å². The molecule has 0 aliphatic carbocycles. The molecule has 0 saturated heterocycles. The Morgan fingerprint density at radius 3 is 2.47 bits per heavy atom. The summed E-state index contributed by atoms with van der Waals surface area (Å²) in [5.41, 5.74) is 0. The number of halogens is 4. The Morgan fingerprint density at radius 2 is 2.00 bits per heavy atom. The second-order valence-electron chi connectivity index (χ2n) is 3.15. The third-order valence-corrected chi connectivity index (χ3v) is 3.87. The van der Waals surface area contributed by atoms with Gasteiger partial charge in [-0.05, 0) is 18.2 Å². The molecule has 8 heteroatoms. The zero-order valence-corrected chi connectivity index (χ0v) is 10.9. The summed E-state index contributed by atoms with van der Waals surface area (Å²) in [6.45, 7) is 0. The zero-order valence-electron chi connectivity index (χ0n) is 8.49. The van der Waals surface area contributed by atoms with Crippen LogP contribution in [0, 0.1) is 0 Å². The first-order chi connectivity index (χ1) is 7.63. The average Bonchev–Trinajstić information content (AvgIpc) is 2.15. The van der Waals surface area contributed by atoms with Gasteiger partial charge in [-0.1, -0.05) is 22.0 Å². The first kappa shape index (κ1) is 14.2. The third kappa shape index (κ3) is 3.81. The van der Waals surface area contributed by atoms with Crippen LogP contribution in [0.4, 0.5) is 13.2 Å². The van der Waals surface area contributed by atoms with Gasteiger partial charge in [-0.25, -0.2) is 4.21 Å². The molecular formula is C9H7BrF3NO2S. The highest BCUT2D eigenvalue weighted by Gasteiger charge is 2.39. The fourth-order valence-electron chi connectivity index (χ4n) is 0.965. The molecule has 0 fully saturated rings. The average molecular weight is 330 g/mol. The molecule has 0 aliphatic heterocycles. The number of carbonyl (C=O) groups excluding carboxylic acids is 1. The first-order valence-electron chi connectivity index (χ1n) is 4.22. The molecule has 1 rings (SSSR count). The number of hydrogen-bond acceptors (Lipinski definition) is 2. The Kier molecular flexibility index (Phi) is 3.98. The standard InChI is InChI=1S/C9H7BrF3NO2S/c1-17(16,14-8(15)9(11,12)13)7-4-2-3-6(10)5-7/h2-5H,1H3. The molecule has 1 amide bonds. The summed E-state index contributed by atoms with van der Waals surface area (Å²) < 4.78 is 51.2. The minimum absolute atomic E-state index is 0.0597. The molecule has 1 aromatic rings. The highest BCUT2D eigenvalue weighted by atomic mass is 79.9. The molecule has 0 N–H and O–H groups in total. The Bertz CT molecular complexity index is 562. The first-order valence-corrected chi connectivity index (χ1v) is 6.93. The molecule has 0 heterocycles. The van der Waals surface area contributed by atoms with Crippen LogP contribution in [0.25, 0.3) is 0 Å². The van der Waals surface area contributed by atoms with Gasteiger partial charge in [0.2, 0.25) is 0 Å². The van der Waals surface area contributed by atoms with Gasteiger partial charge in [-0.2, -0.15) is 13.2 Å². The Morgan fingerprint density at radius 1 is 1.41 bits per heavy atom. The number of benzene rings is 1. The maximum Gasteiger partial charge on any atom is 0.474 e. The lowest BCUT2D eigenvalue weighted by molar-refractivity contribution is -0.169. The minimum Gasteiger partial charge on any atom is -0.261 e. The van der Waals surface area contributed by atoms with Crippen molar-refractivity contribution in [2.24, 2.45) is 4.36 Å². The number of amides is 1. The smallest absolute Gasteiger partial charge is 0.261 e. The SMILES string of the molecule is CS(=O)(=NC(=O)C(F)(F)F)c1cccc(Br)c1. The van der Waals surface area contributed by atoms with Crippen molar-refractivity contribution in [3.63, 3.8) is 0 Å². The quantitative estimate of drug-likeness (QED) is 0.795. The molecular weight excluding hydrogens is 323 g/mol. The van der Waals surface area contributed by atoms with E-state index in [0.29, 0.717) is 4.47 Å². The number of nitrogens with zero attached hydrogens (tertiary/aromatic N) is 1. The van der Waals surface area contributed by atoms with Gasteiger partial charge >= 0.3 is 12.1 Å². The zero-order chi connectivity index (χ0) is 13.3. The van der Waals surface area contributed by atoms with Crippen molar-refractivity contribution in [3.8, 4) is 0 Å². The van der Waals surface area contributed by atoms with Crippen LogP contribution in [-0.2, 0) is 14.5 Å². The molecule has 0 bridgehead atoms. The molecule has 0 spiro atoms. The number of hydrogen-bond donors (Lipinski definition) is 0. The van der Waals surface area contributed by atoms with Gasteiger partial charge < -0.3 is 0 Å². The van der Waals surface area contributed by atoms with Crippen LogP contribution in [0.5, 0.6) is 0 Å². The van der Waals surface area contributed by atoms with E-state index in [1.54, 1.807) is 6.07 Å². The molecule has 3 nitrogen and oxygen atoms in total. The van der Waals surface area contributed by atoms with Crippen LogP contribution in [0.2, 0.25) is 0 Å². The van der Waals surface area contributed by atoms with Crippen LogP contribution in [0.1, 0.15) is 0 Å². The van der Waals surface area contributed by atoms with Crippen LogP contribution < -0.4 is 0 Å². The summed E-state index contributed by atoms with van der Waals surface area (Å²) in [5, 5.41) is 0. The third-order valence-electron chi connectivity index (χ3n) is 1.73. The maximum absolute atomic E-state index is 12.0. The predicted octanol–water partition coefficient (Wildman–Crippen LogP) is 2.99. The Hall–Kier alpha value is -0.890. The van der Waals surface area contributed by atoms with E-state index in [4.69, 9.17) is 0 Å². The van der Waals surface area contributed by atoms with Crippen molar-refractivity contribution < 1.29 is 22.2 Å². The van der Waals surface area contributed by atoms with Crippen molar-refractivity contribution in [2.75, 3.05) is 6.26 Å². The van der Waals surface area contributed by atoms with Gasteiger partial charge in [-0.3, -0.25) is 4.79 Å². The van der Waals surface area contributed by atoms with E-state index in [1.165, 1.54) is 18.2 Å². The fourth-order valence-corrected chi connectivity index (χ4v) is 2.72. The monoisotopic (exact) mass is 329 g/mol. The Labute approximate surface area is 104 Å². The van der Waals surface area contributed by atoms with Crippen molar-refractivity contribution >= 4 is 31.6 Å². The maximum atomic E-state index is 12.0. The summed E-state index contributed by atoms with van der Waals surface area (Å²) in [5.74, 6) is -2.34. The summed E-state index contributed by atoms with van der Waals surface area (Å²) in [6, 6.07) is 5.82. The topological polar surface area (TPSA) is 46.5 Å². The second kappa shape index (κ2) is 4.77. The summed E-state index contributed by atoms with van der Waals surface area (Å²) >= 11 is 3.09. The van der Waals surface area contributed by atoms with E-state index in [9.17, 15) is 22.2 Å². The van der Waals surface area contributed by atoms with E-state index in [-0.39, 0.29) is 4.90 Å². The molecule has 0 aromatic heterocycles. The fraction of sp³-hybridized carbons (Fsp3) is 0.222. The van der Waals surface area contributed by atoms with Gasteiger partial charge in [0.1, 0.15) is 0 Å². The summed E-state index contributed by atoms with van der Waals surface area (Å²) in [4.78, 5) is 10.7. The minimum atomic E-state index is -5.11. The van der Waals surface area contributed by atoms with Gasteiger partial charge in [0, 0.05) is 15.6 Å². The molecule has 1 aromatic carbocycles. The van der Waals surface area contributed by atoms with Crippen molar-refractivity contribution in [1.82, 2.24) is 0 Å². The van der Waals surface area contributed by atoms with Crippen molar-refractivity contribution in [3.05, 3.63) is 28.7 Å². The molecule has 0 aliphatic rings. The molecule has 1 atom stereocenters. The lowest BCUT2D eigenvalue weighted by Gasteiger charge is -2.05. The number of rotatable bonds is 1. The van der Waals surface area contributed by atoms with Crippen LogP contribution >= 0.6 is 15.9 Å². The van der Waals surface area contributed by atoms with Gasteiger partial charge in [0.05, 0.1) is 9.73 Å². The highest BCUT2D eigenvalue weighted by Crippen LogP contribution is 2.21. The van der Waals surface area contributed by atoms with E-state index < -0.39 is 21.8 Å². The van der Waals surface area contributed by atoms with Crippen molar-refractivity contribution in [2.45, 2.75) is 11.1 Å². The normalized spacial score (nSPS) is 15.1. The number of carbonyl (C=O) groups is 1. The molecule has 1 unspecified atom stereocenters. The highest BCUT2D eigenvalue weighted by molar-refractivity contribution is 9.10. The molecule has 94 valence electrons. The largest absolute Gasteiger partial charge is 0.474 e. The van der Waals surface area contributed by atoms with E-state index >= 15 is 0 Å². The van der Waals surface area contributed by atoms with Crippen LogP contribution in [0.15, 0.2) is 38.0 Å². The van der Waals surface area contributed by atoms with Gasteiger partial charge in [0.15, 0.2) is 0 Å². The van der Waals surface area contributed by atoms with Crippen LogP contribution in [-0.4, -0.2) is 22.5 Å². The van der Waals surface area contributed by atoms with E-state index in [1.807, 2.05) is 0 Å². The summed E-state index contributed by atoms with van der Waals surface area (Å²) in [7, 11) is -3.39. The van der Waals surface area contributed by atoms with Crippen LogP contribution in [0.3, 0.4) is 0 Å². The lowest BCUT2D eigenvalue weighted by atomic mass is 10.4. The lowest BCUT2D eigenvalue weighted by Crippen LogP contribution is -2.21. The molecule has 0 saturated carbocycles. The Balaban J connectivity index is 3.25. The van der Waals surface area contributed by atoms with E-state index in [0.717, 1.165) is 6.26 Å². The van der Waals surface area contributed by atoms with Gasteiger partial charge in [-0.15, -0.1) is 4.36 Å². The number of alkyl halides is 3. The second-order valence-corrected chi connectivity index (χ2v) is 6.33. The molecule has 17 heavy (non-hydrogen) atoms. The molecule has 0 radical (unpaired) electrons. The summed E-state index contributed by atoms with van der Waals surface area (Å²) in [6.07, 6.45) is -4.12. The predicted molar refractivity (Wildman–Crippen MR) is 60.0 cm³/mol.